The Labute approximate surface area is 191 Å². The molecule has 1 aliphatic heterocycles. The van der Waals surface area contributed by atoms with Gasteiger partial charge in [-0.1, -0.05) is 12.1 Å². The van der Waals surface area contributed by atoms with Crippen molar-refractivity contribution in [3.8, 4) is 0 Å². The number of carbonyl (C=O) groups excluding carboxylic acids is 1. The standard InChI is InChI=1S/C21H34N4OS.HI/c1-5-22-20(24-16-21(4)13-8-14-27-21)23-15-17-9-11-18(12-10-17)19(26)25(6-2)7-3;/h9-12H,5-8,13-16H2,1-4H3,(H2,22,23,24);1H. The normalized spacial score (nSPS) is 19.1. The number of aliphatic imine (C=N–C) groups is 1. The number of thioether (sulfide) groups is 1. The van der Waals surface area contributed by atoms with E-state index in [0.29, 0.717) is 11.3 Å². The average Bonchev–Trinajstić information content (AvgIpc) is 3.12. The second kappa shape index (κ2) is 12.6. The third-order valence-corrected chi connectivity index (χ3v) is 6.48. The number of rotatable bonds is 8. The Morgan fingerprint density at radius 1 is 1.18 bits per heavy atom. The molecule has 1 saturated heterocycles. The summed E-state index contributed by atoms with van der Waals surface area (Å²) in [6, 6.07) is 7.81. The van der Waals surface area contributed by atoms with Gasteiger partial charge in [0.25, 0.3) is 5.91 Å². The predicted molar refractivity (Wildman–Crippen MR) is 132 cm³/mol. The number of nitrogens with zero attached hydrogens (tertiary/aromatic N) is 2. The number of carbonyl (C=O) groups is 1. The molecule has 0 bridgehead atoms. The van der Waals surface area contributed by atoms with E-state index in [1.807, 2.05) is 54.8 Å². The number of benzene rings is 1. The Morgan fingerprint density at radius 3 is 2.39 bits per heavy atom. The lowest BCUT2D eigenvalue weighted by Gasteiger charge is -2.24. The molecule has 0 aliphatic carbocycles. The van der Waals surface area contributed by atoms with Crippen LogP contribution in [0.25, 0.3) is 0 Å². The summed E-state index contributed by atoms with van der Waals surface area (Å²) in [4.78, 5) is 18.9. The molecular weight excluding hydrogens is 483 g/mol. The summed E-state index contributed by atoms with van der Waals surface area (Å²) in [5, 5.41) is 6.81. The molecule has 1 aliphatic rings. The van der Waals surface area contributed by atoms with Crippen LogP contribution in [0.4, 0.5) is 0 Å². The van der Waals surface area contributed by atoms with Gasteiger partial charge < -0.3 is 15.5 Å². The van der Waals surface area contributed by atoms with Crippen LogP contribution in [0.5, 0.6) is 0 Å². The summed E-state index contributed by atoms with van der Waals surface area (Å²) in [5.74, 6) is 2.20. The minimum Gasteiger partial charge on any atom is -0.357 e. The largest absolute Gasteiger partial charge is 0.357 e. The summed E-state index contributed by atoms with van der Waals surface area (Å²) in [6.07, 6.45) is 2.56. The van der Waals surface area contributed by atoms with Crippen molar-refractivity contribution in [2.45, 2.75) is 51.8 Å². The Hall–Kier alpha value is -0.960. The van der Waals surface area contributed by atoms with E-state index in [2.05, 4.69) is 24.5 Å². The quantitative estimate of drug-likeness (QED) is 0.309. The molecule has 0 saturated carbocycles. The summed E-state index contributed by atoms with van der Waals surface area (Å²) in [7, 11) is 0. The number of guanidine groups is 1. The SMILES string of the molecule is CCNC(=NCc1ccc(C(=O)N(CC)CC)cc1)NCC1(C)CCCS1.I. The Morgan fingerprint density at radius 2 is 1.86 bits per heavy atom. The summed E-state index contributed by atoms with van der Waals surface area (Å²) < 4.78 is 0.308. The minimum absolute atomic E-state index is 0. The first-order valence-corrected chi connectivity index (χ1v) is 11.0. The van der Waals surface area contributed by atoms with Crippen LogP contribution in [-0.4, -0.2) is 53.4 Å². The lowest BCUT2D eigenvalue weighted by atomic mass is 10.1. The van der Waals surface area contributed by atoms with Crippen molar-refractivity contribution in [1.82, 2.24) is 15.5 Å². The first-order valence-electron chi connectivity index (χ1n) is 10.1. The van der Waals surface area contributed by atoms with Crippen molar-refractivity contribution in [3.05, 3.63) is 35.4 Å². The average molecular weight is 519 g/mol. The fourth-order valence-corrected chi connectivity index (χ4v) is 4.45. The molecular formula is C21H35IN4OS. The van der Waals surface area contributed by atoms with Gasteiger partial charge in [-0.05, 0) is 64.0 Å². The van der Waals surface area contributed by atoms with Gasteiger partial charge in [-0.15, -0.1) is 24.0 Å². The highest BCUT2D eigenvalue weighted by Crippen LogP contribution is 2.36. The predicted octanol–water partition coefficient (Wildman–Crippen LogP) is 4.13. The van der Waals surface area contributed by atoms with E-state index in [-0.39, 0.29) is 29.9 Å². The highest BCUT2D eigenvalue weighted by Gasteiger charge is 2.29. The van der Waals surface area contributed by atoms with Crippen molar-refractivity contribution in [2.24, 2.45) is 4.99 Å². The molecule has 1 fully saturated rings. The Balaban J connectivity index is 0.00000392. The van der Waals surface area contributed by atoms with Gasteiger partial charge in [0.15, 0.2) is 5.96 Å². The smallest absolute Gasteiger partial charge is 0.253 e. The second-order valence-electron chi connectivity index (χ2n) is 7.13. The third kappa shape index (κ3) is 7.46. The van der Waals surface area contributed by atoms with Crippen molar-refractivity contribution < 1.29 is 4.79 Å². The fraction of sp³-hybridized carbons (Fsp3) is 0.619. The van der Waals surface area contributed by atoms with Crippen LogP contribution in [0.3, 0.4) is 0 Å². The molecule has 1 atom stereocenters. The van der Waals surface area contributed by atoms with E-state index in [4.69, 9.17) is 4.99 Å². The zero-order valence-corrected chi connectivity index (χ0v) is 20.7. The van der Waals surface area contributed by atoms with E-state index in [1.165, 1.54) is 18.6 Å². The van der Waals surface area contributed by atoms with Crippen molar-refractivity contribution in [3.63, 3.8) is 0 Å². The maximum Gasteiger partial charge on any atom is 0.253 e. The van der Waals surface area contributed by atoms with Gasteiger partial charge in [-0.3, -0.25) is 4.79 Å². The molecule has 158 valence electrons. The Bertz CT molecular complexity index is 626. The van der Waals surface area contributed by atoms with Crippen LogP contribution >= 0.6 is 35.7 Å². The molecule has 5 nitrogen and oxygen atoms in total. The molecule has 1 aromatic rings. The molecule has 1 heterocycles. The number of nitrogens with one attached hydrogen (secondary N) is 2. The van der Waals surface area contributed by atoms with Crippen LogP contribution < -0.4 is 10.6 Å². The molecule has 1 amide bonds. The van der Waals surface area contributed by atoms with E-state index in [0.717, 1.165) is 43.3 Å². The molecule has 0 spiro atoms. The van der Waals surface area contributed by atoms with Crippen molar-refractivity contribution >= 4 is 47.6 Å². The zero-order valence-electron chi connectivity index (χ0n) is 17.6. The van der Waals surface area contributed by atoms with Crippen LogP contribution in [0.2, 0.25) is 0 Å². The highest BCUT2D eigenvalue weighted by molar-refractivity contribution is 14.0. The number of hydrogen-bond donors (Lipinski definition) is 2. The maximum atomic E-state index is 12.4. The second-order valence-corrected chi connectivity index (χ2v) is 8.81. The molecule has 1 unspecified atom stereocenters. The summed E-state index contributed by atoms with van der Waals surface area (Å²) >= 11 is 2.05. The van der Waals surface area contributed by atoms with Gasteiger partial charge in [0.05, 0.1) is 6.54 Å². The topological polar surface area (TPSA) is 56.7 Å². The third-order valence-electron chi connectivity index (χ3n) is 4.95. The monoisotopic (exact) mass is 518 g/mol. The molecule has 28 heavy (non-hydrogen) atoms. The summed E-state index contributed by atoms with van der Waals surface area (Å²) in [5.41, 5.74) is 1.84. The van der Waals surface area contributed by atoms with Crippen molar-refractivity contribution in [1.29, 1.82) is 0 Å². The first-order chi connectivity index (χ1) is 13.0. The number of halogens is 1. The van der Waals surface area contributed by atoms with Crippen LogP contribution in [0.15, 0.2) is 29.3 Å². The molecule has 1 aromatic carbocycles. The van der Waals surface area contributed by atoms with Gasteiger partial charge >= 0.3 is 0 Å². The van der Waals surface area contributed by atoms with Crippen LogP contribution in [0, 0.1) is 0 Å². The van der Waals surface area contributed by atoms with E-state index < -0.39 is 0 Å². The molecule has 0 aromatic heterocycles. The maximum absolute atomic E-state index is 12.4. The highest BCUT2D eigenvalue weighted by atomic mass is 127. The van der Waals surface area contributed by atoms with Gasteiger partial charge in [-0.2, -0.15) is 11.8 Å². The van der Waals surface area contributed by atoms with Gasteiger partial charge in [0.1, 0.15) is 0 Å². The molecule has 2 N–H and O–H groups in total. The molecule has 0 radical (unpaired) electrons. The number of hydrogen-bond acceptors (Lipinski definition) is 3. The fourth-order valence-electron chi connectivity index (χ4n) is 3.21. The summed E-state index contributed by atoms with van der Waals surface area (Å²) in [6.45, 7) is 12.2. The van der Waals surface area contributed by atoms with Gasteiger partial charge in [0, 0.05) is 36.5 Å². The lowest BCUT2D eigenvalue weighted by molar-refractivity contribution is 0.0773. The van der Waals surface area contributed by atoms with E-state index in [9.17, 15) is 4.79 Å². The van der Waals surface area contributed by atoms with Crippen LogP contribution in [0.1, 0.15) is 56.5 Å². The van der Waals surface area contributed by atoms with Gasteiger partial charge in [-0.25, -0.2) is 4.99 Å². The van der Waals surface area contributed by atoms with Gasteiger partial charge in [0.2, 0.25) is 0 Å². The molecule has 7 heteroatoms. The first kappa shape index (κ1) is 25.1. The molecule has 2 rings (SSSR count). The van der Waals surface area contributed by atoms with Crippen molar-refractivity contribution in [2.75, 3.05) is 31.9 Å². The van der Waals surface area contributed by atoms with E-state index >= 15 is 0 Å². The van der Waals surface area contributed by atoms with Crippen LogP contribution in [-0.2, 0) is 6.54 Å². The zero-order chi connectivity index (χ0) is 19.7. The minimum atomic E-state index is 0. The lowest BCUT2D eigenvalue weighted by Crippen LogP contribution is -2.43. The number of amides is 1. The van der Waals surface area contributed by atoms with E-state index in [1.54, 1.807) is 0 Å². The Kier molecular flexibility index (Phi) is 11.3.